The number of rotatable bonds is 3. The smallest absolute Gasteiger partial charge is 0.260 e. The molecule has 0 bridgehead atoms. The van der Waals surface area contributed by atoms with Gasteiger partial charge in [0.05, 0.1) is 0 Å². The number of hydrogen-bond donors (Lipinski definition) is 2. The van der Waals surface area contributed by atoms with Crippen molar-refractivity contribution in [3.05, 3.63) is 33.7 Å². The number of carbonyl (C=O) groups excluding carboxylic acids is 1. The van der Waals surface area contributed by atoms with Crippen molar-refractivity contribution in [2.75, 3.05) is 19.6 Å². The molecule has 1 fully saturated rings. The third-order valence-corrected chi connectivity index (χ3v) is 3.67. The van der Waals surface area contributed by atoms with Crippen molar-refractivity contribution < 1.29 is 4.79 Å². The van der Waals surface area contributed by atoms with Gasteiger partial charge in [0.15, 0.2) is 0 Å². The molecule has 0 saturated carbocycles. The number of likely N-dealkylation sites (tertiary alicyclic amines) is 1. The first-order chi connectivity index (χ1) is 9.11. The van der Waals surface area contributed by atoms with Gasteiger partial charge in [-0.15, -0.1) is 12.4 Å². The monoisotopic (exact) mass is 299 g/mol. The number of H-pyrrole nitrogens is 1. The number of hydrogen-bond acceptors (Lipinski definition) is 3. The predicted octanol–water partition coefficient (Wildman–Crippen LogP) is 1.31. The van der Waals surface area contributed by atoms with Gasteiger partial charge in [0.2, 0.25) is 0 Å². The third-order valence-electron chi connectivity index (χ3n) is 3.67. The topological polar surface area (TPSA) is 79.2 Å². The lowest BCUT2D eigenvalue weighted by molar-refractivity contribution is 0.0667. The Hall–Kier alpha value is -1.33. The Morgan fingerprint density at radius 1 is 1.50 bits per heavy atom. The van der Waals surface area contributed by atoms with Crippen molar-refractivity contribution in [2.24, 2.45) is 11.7 Å². The molecule has 2 rings (SSSR count). The molecular formula is C14H22ClN3O2. The van der Waals surface area contributed by atoms with Crippen LogP contribution in [0.25, 0.3) is 0 Å². The fourth-order valence-electron chi connectivity index (χ4n) is 2.63. The van der Waals surface area contributed by atoms with Gasteiger partial charge in [-0.2, -0.15) is 0 Å². The number of nitrogens with zero attached hydrogens (tertiary/aromatic N) is 1. The molecule has 1 unspecified atom stereocenters. The maximum atomic E-state index is 12.4. The van der Waals surface area contributed by atoms with Crippen molar-refractivity contribution in [2.45, 2.75) is 26.2 Å². The molecule has 20 heavy (non-hydrogen) atoms. The van der Waals surface area contributed by atoms with Crippen LogP contribution in [0, 0.1) is 12.8 Å². The normalized spacial score (nSPS) is 18.5. The van der Waals surface area contributed by atoms with Crippen LogP contribution in [0.15, 0.2) is 16.9 Å². The zero-order valence-electron chi connectivity index (χ0n) is 11.7. The lowest BCUT2D eigenvalue weighted by Crippen LogP contribution is -2.42. The molecule has 1 aliphatic rings. The van der Waals surface area contributed by atoms with Crippen LogP contribution in [0.5, 0.6) is 0 Å². The van der Waals surface area contributed by atoms with Crippen molar-refractivity contribution >= 4 is 18.3 Å². The zero-order chi connectivity index (χ0) is 13.8. The van der Waals surface area contributed by atoms with Crippen LogP contribution in [-0.2, 0) is 0 Å². The fraction of sp³-hybridized carbons (Fsp3) is 0.571. The van der Waals surface area contributed by atoms with Crippen LogP contribution in [0.1, 0.15) is 35.3 Å². The highest BCUT2D eigenvalue weighted by Gasteiger charge is 2.25. The number of carbonyl (C=O) groups is 1. The van der Waals surface area contributed by atoms with E-state index in [1.54, 1.807) is 24.0 Å². The van der Waals surface area contributed by atoms with Gasteiger partial charge in [0.1, 0.15) is 5.56 Å². The second-order valence-electron chi connectivity index (χ2n) is 5.22. The molecule has 1 aromatic rings. The highest BCUT2D eigenvalue weighted by atomic mass is 35.5. The van der Waals surface area contributed by atoms with Crippen molar-refractivity contribution in [1.29, 1.82) is 0 Å². The summed E-state index contributed by atoms with van der Waals surface area (Å²) in [5.41, 5.74) is 6.27. The highest BCUT2D eigenvalue weighted by molar-refractivity contribution is 5.93. The van der Waals surface area contributed by atoms with Gasteiger partial charge >= 0.3 is 0 Å². The molecule has 2 heterocycles. The average molecular weight is 300 g/mol. The largest absolute Gasteiger partial charge is 0.338 e. The van der Waals surface area contributed by atoms with E-state index < -0.39 is 0 Å². The minimum Gasteiger partial charge on any atom is -0.338 e. The van der Waals surface area contributed by atoms with Gasteiger partial charge in [-0.1, -0.05) is 0 Å². The number of pyridine rings is 1. The average Bonchev–Trinajstić information content (AvgIpc) is 2.39. The number of aryl methyl sites for hydroxylation is 1. The number of piperidine rings is 1. The summed E-state index contributed by atoms with van der Waals surface area (Å²) in [5.74, 6) is 0.301. The summed E-state index contributed by atoms with van der Waals surface area (Å²) in [6, 6.07) is 3.37. The number of aromatic nitrogens is 1. The molecule has 1 aliphatic heterocycles. The molecule has 3 N–H and O–H groups in total. The molecule has 0 aliphatic carbocycles. The van der Waals surface area contributed by atoms with Crippen molar-refractivity contribution in [3.63, 3.8) is 0 Å². The van der Waals surface area contributed by atoms with Gasteiger partial charge in [-0.05, 0) is 50.8 Å². The molecule has 1 saturated heterocycles. The molecular weight excluding hydrogens is 278 g/mol. The number of halogens is 1. The summed E-state index contributed by atoms with van der Waals surface area (Å²) >= 11 is 0. The Balaban J connectivity index is 0.00000200. The van der Waals surface area contributed by atoms with E-state index in [1.807, 2.05) is 0 Å². The third kappa shape index (κ3) is 3.84. The van der Waals surface area contributed by atoms with E-state index in [0.29, 0.717) is 19.0 Å². The van der Waals surface area contributed by atoms with Crippen LogP contribution in [0.3, 0.4) is 0 Å². The summed E-state index contributed by atoms with van der Waals surface area (Å²) in [6.07, 6.45) is 3.04. The van der Waals surface area contributed by atoms with Crippen LogP contribution in [0.4, 0.5) is 0 Å². The Morgan fingerprint density at radius 3 is 2.90 bits per heavy atom. The van der Waals surface area contributed by atoms with E-state index in [0.717, 1.165) is 31.5 Å². The fourth-order valence-corrected chi connectivity index (χ4v) is 2.63. The number of nitrogens with two attached hydrogens (primary N) is 1. The molecule has 0 radical (unpaired) electrons. The number of aromatic amines is 1. The van der Waals surface area contributed by atoms with E-state index in [-0.39, 0.29) is 29.4 Å². The summed E-state index contributed by atoms with van der Waals surface area (Å²) in [5, 5.41) is 0. The van der Waals surface area contributed by atoms with Gasteiger partial charge in [0.25, 0.3) is 11.5 Å². The molecule has 1 aromatic heterocycles. The molecule has 1 atom stereocenters. The molecule has 6 heteroatoms. The maximum absolute atomic E-state index is 12.4. The van der Waals surface area contributed by atoms with E-state index in [9.17, 15) is 9.59 Å². The lowest BCUT2D eigenvalue weighted by Gasteiger charge is -2.32. The van der Waals surface area contributed by atoms with Crippen LogP contribution in [-0.4, -0.2) is 35.4 Å². The SMILES string of the molecule is Cc1ccc(C(=O)N2CCCC(CCN)C2)c(=O)[nH]1.Cl. The van der Waals surface area contributed by atoms with Gasteiger partial charge in [-0.3, -0.25) is 9.59 Å². The van der Waals surface area contributed by atoms with Gasteiger partial charge in [-0.25, -0.2) is 0 Å². The minimum absolute atomic E-state index is 0. The second-order valence-corrected chi connectivity index (χ2v) is 5.22. The summed E-state index contributed by atoms with van der Waals surface area (Å²) < 4.78 is 0. The molecule has 5 nitrogen and oxygen atoms in total. The molecule has 0 spiro atoms. The summed E-state index contributed by atoms with van der Waals surface area (Å²) in [4.78, 5) is 28.6. The number of amides is 1. The Kier molecular flexibility index (Phi) is 6.23. The van der Waals surface area contributed by atoms with Crippen LogP contribution >= 0.6 is 12.4 Å². The van der Waals surface area contributed by atoms with E-state index in [4.69, 9.17) is 5.73 Å². The van der Waals surface area contributed by atoms with E-state index >= 15 is 0 Å². The molecule has 1 amide bonds. The predicted molar refractivity (Wildman–Crippen MR) is 81.3 cm³/mol. The zero-order valence-corrected chi connectivity index (χ0v) is 12.5. The second kappa shape index (κ2) is 7.45. The molecule has 112 valence electrons. The Labute approximate surface area is 125 Å². The van der Waals surface area contributed by atoms with E-state index in [2.05, 4.69) is 4.98 Å². The van der Waals surface area contributed by atoms with Gasteiger partial charge in [0, 0.05) is 18.8 Å². The quantitative estimate of drug-likeness (QED) is 0.883. The van der Waals surface area contributed by atoms with Crippen LogP contribution < -0.4 is 11.3 Å². The van der Waals surface area contributed by atoms with E-state index in [1.165, 1.54) is 0 Å². The first-order valence-electron chi connectivity index (χ1n) is 6.81. The summed E-state index contributed by atoms with van der Waals surface area (Å²) in [7, 11) is 0. The summed E-state index contributed by atoms with van der Waals surface area (Å²) in [6.45, 7) is 3.89. The lowest BCUT2D eigenvalue weighted by atomic mass is 9.94. The van der Waals surface area contributed by atoms with Crippen molar-refractivity contribution in [3.8, 4) is 0 Å². The Morgan fingerprint density at radius 2 is 2.25 bits per heavy atom. The standard InChI is InChI=1S/C14H21N3O2.ClH/c1-10-4-5-12(13(18)16-10)14(19)17-8-2-3-11(9-17)6-7-15;/h4-5,11H,2-3,6-9,15H2,1H3,(H,16,18);1H. The van der Waals surface area contributed by atoms with Gasteiger partial charge < -0.3 is 15.6 Å². The number of nitrogens with one attached hydrogen (secondary N) is 1. The maximum Gasteiger partial charge on any atom is 0.260 e. The molecule has 0 aromatic carbocycles. The van der Waals surface area contributed by atoms with Crippen molar-refractivity contribution in [1.82, 2.24) is 9.88 Å². The Bertz CT molecular complexity index is 513. The highest BCUT2D eigenvalue weighted by Crippen LogP contribution is 2.20. The first-order valence-corrected chi connectivity index (χ1v) is 6.81. The van der Waals surface area contributed by atoms with Crippen LogP contribution in [0.2, 0.25) is 0 Å². The first kappa shape index (κ1) is 16.7. The minimum atomic E-state index is -0.300.